The molecule has 2 N–H and O–H groups in total. The number of aromatic nitrogens is 2. The second-order valence-corrected chi connectivity index (χ2v) is 11.5. The summed E-state index contributed by atoms with van der Waals surface area (Å²) in [6, 6.07) is 23.6. The molecule has 1 saturated heterocycles. The number of anilines is 2. The van der Waals surface area contributed by atoms with E-state index >= 15 is 0 Å². The normalized spacial score (nSPS) is 23.2. The Hall–Kier alpha value is -3.32. The van der Waals surface area contributed by atoms with E-state index in [9.17, 15) is 4.79 Å². The maximum Gasteiger partial charge on any atom is 0.225 e. The molecular formula is C29H28BrN5O. The van der Waals surface area contributed by atoms with Gasteiger partial charge in [0.1, 0.15) is 0 Å². The van der Waals surface area contributed by atoms with Crippen molar-refractivity contribution >= 4 is 44.1 Å². The van der Waals surface area contributed by atoms with Crippen molar-refractivity contribution in [2.45, 2.75) is 23.8 Å². The van der Waals surface area contributed by atoms with Crippen LogP contribution in [-0.4, -0.2) is 40.6 Å². The largest absolute Gasteiger partial charge is 0.348 e. The molecule has 0 radical (unpaired) electrons. The summed E-state index contributed by atoms with van der Waals surface area (Å²) < 4.78 is -0.545. The molecule has 182 valence electrons. The third-order valence-electron chi connectivity index (χ3n) is 7.87. The lowest BCUT2D eigenvalue weighted by molar-refractivity contribution is -0.131. The number of fused-ring (bicyclic) bond motifs is 2. The molecule has 3 aromatic carbocycles. The van der Waals surface area contributed by atoms with Crippen LogP contribution >= 0.6 is 15.9 Å². The number of H-pyrrole nitrogens is 1. The average molecular weight is 542 g/mol. The average Bonchev–Trinajstić information content (AvgIpc) is 3.34. The molecule has 1 amide bonds. The van der Waals surface area contributed by atoms with Gasteiger partial charge in [-0.15, -0.1) is 0 Å². The van der Waals surface area contributed by atoms with Gasteiger partial charge in [0.05, 0.1) is 23.1 Å². The lowest BCUT2D eigenvalue weighted by Gasteiger charge is -2.37. The minimum absolute atomic E-state index is 0.292. The Morgan fingerprint density at radius 3 is 2.67 bits per heavy atom. The molecule has 1 saturated carbocycles. The van der Waals surface area contributed by atoms with Crippen molar-refractivity contribution in [1.29, 1.82) is 0 Å². The first-order valence-electron chi connectivity index (χ1n) is 12.7. The van der Waals surface area contributed by atoms with Crippen LogP contribution in [0.5, 0.6) is 0 Å². The Morgan fingerprint density at radius 1 is 1.03 bits per heavy atom. The second kappa shape index (κ2) is 8.37. The number of rotatable bonds is 5. The van der Waals surface area contributed by atoms with E-state index in [0.717, 1.165) is 66.6 Å². The number of nitrogens with zero attached hydrogens (tertiary/aromatic N) is 3. The molecule has 3 aliphatic rings. The maximum absolute atomic E-state index is 12.6. The molecule has 2 atom stereocenters. The third kappa shape index (κ3) is 3.68. The molecule has 6 nitrogen and oxygen atoms in total. The number of hydrogen-bond acceptors (Lipinski definition) is 4. The highest BCUT2D eigenvalue weighted by Crippen LogP contribution is 2.49. The van der Waals surface area contributed by atoms with E-state index in [1.165, 1.54) is 11.3 Å². The second-order valence-electron chi connectivity index (χ2n) is 10.3. The number of carbonyl (C=O) groups is 1. The molecule has 1 unspecified atom stereocenters. The molecule has 1 aliphatic carbocycles. The summed E-state index contributed by atoms with van der Waals surface area (Å²) in [5.74, 6) is 1.10. The van der Waals surface area contributed by atoms with Crippen molar-refractivity contribution in [2.24, 2.45) is 11.8 Å². The SMILES string of the molecule is O=C(C1CC1)N1CC[C@H](CN2c3ccccc3NC2(Br)c2ccc(-c3ccc4cn[nH]c4c3)cc2)C1. The lowest BCUT2D eigenvalue weighted by Crippen LogP contribution is -2.45. The Labute approximate surface area is 218 Å². The van der Waals surface area contributed by atoms with Gasteiger partial charge in [0, 0.05) is 36.5 Å². The van der Waals surface area contributed by atoms with E-state index in [0.29, 0.717) is 17.7 Å². The molecule has 0 bridgehead atoms. The van der Waals surface area contributed by atoms with Gasteiger partial charge in [-0.1, -0.05) is 48.5 Å². The van der Waals surface area contributed by atoms with Crippen LogP contribution in [0.2, 0.25) is 0 Å². The van der Waals surface area contributed by atoms with E-state index < -0.39 is 4.57 Å². The number of amides is 1. The quantitative estimate of drug-likeness (QED) is 0.243. The van der Waals surface area contributed by atoms with Gasteiger partial charge < -0.3 is 15.1 Å². The molecule has 4 aromatic rings. The summed E-state index contributed by atoms with van der Waals surface area (Å²) in [5, 5.41) is 12.1. The molecule has 2 aliphatic heterocycles. The number of benzene rings is 3. The predicted octanol–water partition coefficient (Wildman–Crippen LogP) is 5.93. The van der Waals surface area contributed by atoms with Crippen LogP contribution in [0, 0.1) is 11.8 Å². The lowest BCUT2D eigenvalue weighted by atomic mass is 10.0. The first-order valence-corrected chi connectivity index (χ1v) is 13.5. The zero-order valence-electron chi connectivity index (χ0n) is 20.0. The van der Waals surface area contributed by atoms with Gasteiger partial charge in [0.25, 0.3) is 0 Å². The van der Waals surface area contributed by atoms with E-state index in [4.69, 9.17) is 0 Å². The molecule has 36 heavy (non-hydrogen) atoms. The summed E-state index contributed by atoms with van der Waals surface area (Å²) in [6.07, 6.45) is 5.04. The first kappa shape index (κ1) is 21.9. The van der Waals surface area contributed by atoms with Gasteiger partial charge in [-0.3, -0.25) is 9.89 Å². The minimum atomic E-state index is -0.545. The standard InChI is InChI=1S/C29H28BrN5O/c30-29(24-11-9-20(10-12-24)22-7-8-23-16-31-33-26(23)15-22)32-25-3-1-2-4-27(25)35(29)18-19-13-14-34(17-19)28(36)21-5-6-21/h1-4,7-12,15-16,19,21,32H,5-6,13-14,17-18H2,(H,31,33)/t19-,29?/m0/s1. The van der Waals surface area contributed by atoms with Gasteiger partial charge in [0.2, 0.25) is 5.91 Å². The van der Waals surface area contributed by atoms with Gasteiger partial charge in [-0.05, 0) is 70.4 Å². The Morgan fingerprint density at radius 2 is 1.83 bits per heavy atom. The number of para-hydroxylation sites is 2. The highest BCUT2D eigenvalue weighted by atomic mass is 79.9. The van der Waals surface area contributed by atoms with Gasteiger partial charge >= 0.3 is 0 Å². The molecular weight excluding hydrogens is 514 g/mol. The number of halogens is 1. The monoisotopic (exact) mass is 541 g/mol. The van der Waals surface area contributed by atoms with Crippen molar-refractivity contribution in [3.05, 3.63) is 78.5 Å². The van der Waals surface area contributed by atoms with E-state index in [1.54, 1.807) is 0 Å². The zero-order valence-corrected chi connectivity index (χ0v) is 21.5. The van der Waals surface area contributed by atoms with Crippen LogP contribution in [-0.2, 0) is 9.37 Å². The first-order chi connectivity index (χ1) is 17.6. The van der Waals surface area contributed by atoms with Crippen LogP contribution in [0.25, 0.3) is 22.0 Å². The smallest absolute Gasteiger partial charge is 0.225 e. The van der Waals surface area contributed by atoms with Gasteiger partial charge in [-0.2, -0.15) is 5.10 Å². The fourth-order valence-electron chi connectivity index (χ4n) is 5.71. The van der Waals surface area contributed by atoms with Gasteiger partial charge in [0.15, 0.2) is 4.57 Å². The van der Waals surface area contributed by atoms with Crippen LogP contribution in [0.15, 0.2) is 72.9 Å². The number of nitrogens with one attached hydrogen (secondary N) is 2. The Kier molecular flexibility index (Phi) is 5.10. The number of alkyl halides is 1. The van der Waals surface area contributed by atoms with Crippen LogP contribution in [0.3, 0.4) is 0 Å². The molecule has 7 rings (SSSR count). The molecule has 1 aromatic heterocycles. The zero-order chi connectivity index (χ0) is 24.3. The van der Waals surface area contributed by atoms with E-state index in [1.807, 2.05) is 6.20 Å². The Balaban J connectivity index is 1.17. The van der Waals surface area contributed by atoms with Crippen LogP contribution in [0.1, 0.15) is 24.8 Å². The minimum Gasteiger partial charge on any atom is -0.348 e. The summed E-state index contributed by atoms with van der Waals surface area (Å²) in [7, 11) is 0. The summed E-state index contributed by atoms with van der Waals surface area (Å²) >= 11 is 4.12. The van der Waals surface area contributed by atoms with Crippen LogP contribution < -0.4 is 10.2 Å². The molecule has 2 fully saturated rings. The predicted molar refractivity (Wildman–Crippen MR) is 147 cm³/mol. The van der Waals surface area contributed by atoms with E-state index in [-0.39, 0.29) is 0 Å². The number of carbonyl (C=O) groups excluding carboxylic acids is 1. The van der Waals surface area contributed by atoms with Crippen molar-refractivity contribution in [2.75, 3.05) is 29.9 Å². The molecule has 3 heterocycles. The van der Waals surface area contributed by atoms with E-state index in [2.05, 4.69) is 108 Å². The highest BCUT2D eigenvalue weighted by Gasteiger charge is 2.45. The number of aromatic amines is 1. The number of hydrogen-bond donors (Lipinski definition) is 2. The summed E-state index contributed by atoms with van der Waals surface area (Å²) in [6.45, 7) is 2.61. The van der Waals surface area contributed by atoms with Crippen LogP contribution in [0.4, 0.5) is 11.4 Å². The maximum atomic E-state index is 12.6. The Bertz CT molecular complexity index is 1450. The van der Waals surface area contributed by atoms with Gasteiger partial charge in [-0.25, -0.2) is 0 Å². The van der Waals surface area contributed by atoms with Crippen molar-refractivity contribution in [1.82, 2.24) is 15.1 Å². The van der Waals surface area contributed by atoms with Crippen molar-refractivity contribution in [3.63, 3.8) is 0 Å². The molecule has 7 heteroatoms. The third-order valence-corrected chi connectivity index (χ3v) is 8.96. The highest BCUT2D eigenvalue weighted by molar-refractivity contribution is 9.09. The fraction of sp³-hybridized carbons (Fsp3) is 0.310. The fourth-order valence-corrected chi connectivity index (χ4v) is 6.52. The molecule has 0 spiro atoms. The topological polar surface area (TPSA) is 64.3 Å². The summed E-state index contributed by atoms with van der Waals surface area (Å²) in [5.41, 5.74) is 6.82. The van der Waals surface area contributed by atoms with Crippen molar-refractivity contribution in [3.8, 4) is 11.1 Å². The number of likely N-dealkylation sites (tertiary alicyclic amines) is 1. The van der Waals surface area contributed by atoms with Crippen molar-refractivity contribution < 1.29 is 4.79 Å². The summed E-state index contributed by atoms with van der Waals surface area (Å²) in [4.78, 5) is 17.2.